The van der Waals surface area contributed by atoms with Gasteiger partial charge >= 0.3 is 6.03 Å². The molecule has 2 aromatic carbocycles. The number of anilines is 1. The van der Waals surface area contributed by atoms with Gasteiger partial charge in [0.1, 0.15) is 12.4 Å². The predicted molar refractivity (Wildman–Crippen MR) is 108 cm³/mol. The SMILES string of the molecule is CCCCCCNC(=O)Nc1cccc(COc2ccc(CC#N)cc2)c1. The van der Waals surface area contributed by atoms with Crippen LogP contribution in [0.25, 0.3) is 0 Å². The van der Waals surface area contributed by atoms with Gasteiger partial charge in [-0.3, -0.25) is 0 Å². The Morgan fingerprint density at radius 1 is 1.07 bits per heavy atom. The molecular formula is C22H27N3O2. The van der Waals surface area contributed by atoms with Crippen molar-refractivity contribution in [3.63, 3.8) is 0 Å². The molecule has 0 radical (unpaired) electrons. The van der Waals surface area contributed by atoms with E-state index in [4.69, 9.17) is 10.00 Å². The maximum absolute atomic E-state index is 11.9. The molecule has 0 aliphatic carbocycles. The van der Waals surface area contributed by atoms with E-state index in [9.17, 15) is 4.79 Å². The summed E-state index contributed by atoms with van der Waals surface area (Å²) in [6.45, 7) is 3.27. The Bertz CT molecular complexity index is 751. The third-order valence-electron chi connectivity index (χ3n) is 4.11. The zero-order valence-corrected chi connectivity index (χ0v) is 15.8. The summed E-state index contributed by atoms with van der Waals surface area (Å²) in [5, 5.41) is 14.4. The Morgan fingerprint density at radius 3 is 2.63 bits per heavy atom. The highest BCUT2D eigenvalue weighted by Crippen LogP contribution is 2.16. The summed E-state index contributed by atoms with van der Waals surface area (Å²) in [5.74, 6) is 0.750. The predicted octanol–water partition coefficient (Wildman–Crippen LogP) is 5.03. The first kappa shape index (κ1) is 20.3. The largest absolute Gasteiger partial charge is 0.489 e. The van der Waals surface area contributed by atoms with E-state index in [1.807, 2.05) is 48.5 Å². The van der Waals surface area contributed by atoms with Gasteiger partial charge in [0.2, 0.25) is 0 Å². The molecule has 0 fully saturated rings. The maximum Gasteiger partial charge on any atom is 0.319 e. The van der Waals surface area contributed by atoms with Gasteiger partial charge in [-0.2, -0.15) is 5.26 Å². The van der Waals surface area contributed by atoms with Crippen molar-refractivity contribution in [2.24, 2.45) is 0 Å². The average Bonchev–Trinajstić information content (AvgIpc) is 2.68. The summed E-state index contributed by atoms with van der Waals surface area (Å²) in [6.07, 6.45) is 4.93. The first-order valence-electron chi connectivity index (χ1n) is 9.43. The molecule has 5 nitrogen and oxygen atoms in total. The number of unbranched alkanes of at least 4 members (excludes halogenated alkanes) is 3. The van der Waals surface area contributed by atoms with Gasteiger partial charge in [-0.15, -0.1) is 0 Å². The van der Waals surface area contributed by atoms with E-state index in [-0.39, 0.29) is 6.03 Å². The monoisotopic (exact) mass is 365 g/mol. The molecule has 142 valence electrons. The van der Waals surface area contributed by atoms with E-state index >= 15 is 0 Å². The third-order valence-corrected chi connectivity index (χ3v) is 4.11. The van der Waals surface area contributed by atoms with E-state index in [0.29, 0.717) is 19.6 Å². The van der Waals surface area contributed by atoms with Crippen LogP contribution in [0, 0.1) is 11.3 Å². The quantitative estimate of drug-likeness (QED) is 0.580. The van der Waals surface area contributed by atoms with Gasteiger partial charge in [0.25, 0.3) is 0 Å². The summed E-state index contributed by atoms with van der Waals surface area (Å²) in [7, 11) is 0. The molecule has 27 heavy (non-hydrogen) atoms. The molecule has 0 saturated carbocycles. The van der Waals surface area contributed by atoms with Crippen molar-refractivity contribution in [2.45, 2.75) is 45.6 Å². The normalized spacial score (nSPS) is 10.1. The lowest BCUT2D eigenvalue weighted by Gasteiger charge is -2.10. The van der Waals surface area contributed by atoms with Crippen molar-refractivity contribution in [3.05, 3.63) is 59.7 Å². The minimum Gasteiger partial charge on any atom is -0.489 e. The molecule has 5 heteroatoms. The van der Waals surface area contributed by atoms with Gasteiger partial charge < -0.3 is 15.4 Å². The van der Waals surface area contributed by atoms with Crippen molar-refractivity contribution in [1.29, 1.82) is 5.26 Å². The van der Waals surface area contributed by atoms with Crippen LogP contribution in [0.4, 0.5) is 10.5 Å². The molecule has 0 unspecified atom stereocenters. The van der Waals surface area contributed by atoms with Gasteiger partial charge in [0, 0.05) is 12.2 Å². The molecule has 0 aromatic heterocycles. The zero-order valence-electron chi connectivity index (χ0n) is 15.8. The molecule has 0 aliphatic rings. The summed E-state index contributed by atoms with van der Waals surface area (Å²) in [6, 6.07) is 17.1. The molecule has 0 bridgehead atoms. The lowest BCUT2D eigenvalue weighted by Crippen LogP contribution is -2.29. The second-order valence-electron chi connectivity index (χ2n) is 6.41. The number of ether oxygens (including phenoxy) is 1. The Labute approximate surface area is 161 Å². The average molecular weight is 365 g/mol. The number of amides is 2. The topological polar surface area (TPSA) is 74.2 Å². The number of carbonyl (C=O) groups is 1. The molecule has 0 saturated heterocycles. The Morgan fingerprint density at radius 2 is 1.89 bits per heavy atom. The van der Waals surface area contributed by atoms with E-state index in [1.54, 1.807) is 0 Å². The van der Waals surface area contributed by atoms with E-state index < -0.39 is 0 Å². The molecular weight excluding hydrogens is 338 g/mol. The van der Waals surface area contributed by atoms with Crippen LogP contribution >= 0.6 is 0 Å². The van der Waals surface area contributed by atoms with Crippen LogP contribution in [0.5, 0.6) is 5.75 Å². The smallest absolute Gasteiger partial charge is 0.319 e. The molecule has 0 spiro atoms. The summed E-state index contributed by atoms with van der Waals surface area (Å²) >= 11 is 0. The second-order valence-corrected chi connectivity index (χ2v) is 6.41. The first-order chi connectivity index (χ1) is 13.2. The van der Waals surface area contributed by atoms with Crippen LogP contribution in [0.3, 0.4) is 0 Å². The fraction of sp³-hybridized carbons (Fsp3) is 0.364. The van der Waals surface area contributed by atoms with Crippen molar-refractivity contribution < 1.29 is 9.53 Å². The molecule has 2 N–H and O–H groups in total. The minimum absolute atomic E-state index is 0.183. The van der Waals surface area contributed by atoms with Crippen molar-refractivity contribution >= 4 is 11.7 Å². The number of nitrogens with one attached hydrogen (secondary N) is 2. The van der Waals surface area contributed by atoms with Crippen LogP contribution in [-0.2, 0) is 13.0 Å². The number of hydrogen-bond donors (Lipinski definition) is 2. The minimum atomic E-state index is -0.183. The number of nitriles is 1. The number of benzene rings is 2. The highest BCUT2D eigenvalue weighted by atomic mass is 16.5. The van der Waals surface area contributed by atoms with Crippen molar-refractivity contribution in [1.82, 2.24) is 5.32 Å². The van der Waals surface area contributed by atoms with Gasteiger partial charge in [0.15, 0.2) is 0 Å². The molecule has 2 aromatic rings. The molecule has 2 rings (SSSR count). The Kier molecular flexibility index (Phi) is 8.72. The molecule has 0 atom stereocenters. The highest BCUT2D eigenvalue weighted by Gasteiger charge is 2.03. The van der Waals surface area contributed by atoms with Crippen LogP contribution < -0.4 is 15.4 Å². The highest BCUT2D eigenvalue weighted by molar-refractivity contribution is 5.89. The van der Waals surface area contributed by atoms with Crippen LogP contribution in [0.15, 0.2) is 48.5 Å². The number of hydrogen-bond acceptors (Lipinski definition) is 3. The van der Waals surface area contributed by atoms with Crippen molar-refractivity contribution in [2.75, 3.05) is 11.9 Å². The fourth-order valence-corrected chi connectivity index (χ4v) is 2.63. The number of nitrogens with zero attached hydrogens (tertiary/aromatic N) is 1. The molecule has 0 aliphatic heterocycles. The molecule has 2 amide bonds. The number of carbonyl (C=O) groups excluding carboxylic acids is 1. The van der Waals surface area contributed by atoms with Gasteiger partial charge in [-0.1, -0.05) is 50.5 Å². The third kappa shape index (κ3) is 7.83. The van der Waals surface area contributed by atoms with E-state index in [1.165, 1.54) is 12.8 Å². The summed E-state index contributed by atoms with van der Waals surface area (Å²) in [5.41, 5.74) is 2.68. The van der Waals surface area contributed by atoms with Gasteiger partial charge in [0.05, 0.1) is 12.5 Å². The number of rotatable bonds is 10. The first-order valence-corrected chi connectivity index (χ1v) is 9.43. The van der Waals surface area contributed by atoms with Crippen LogP contribution in [-0.4, -0.2) is 12.6 Å². The van der Waals surface area contributed by atoms with E-state index in [2.05, 4.69) is 23.6 Å². The van der Waals surface area contributed by atoms with Crippen LogP contribution in [0.2, 0.25) is 0 Å². The Hall–Kier alpha value is -3.00. The molecule has 0 heterocycles. The zero-order chi connectivity index (χ0) is 19.3. The fourth-order valence-electron chi connectivity index (χ4n) is 2.63. The second kappa shape index (κ2) is 11.6. The van der Waals surface area contributed by atoms with Crippen LogP contribution in [0.1, 0.15) is 43.7 Å². The van der Waals surface area contributed by atoms with Gasteiger partial charge in [-0.25, -0.2) is 4.79 Å². The number of urea groups is 1. The standard InChI is InChI=1S/C22H27N3O2/c1-2-3-4-5-15-24-22(26)25-20-8-6-7-19(16-20)17-27-21-11-9-18(10-12-21)13-14-23/h6-12,16H,2-5,13,15,17H2,1H3,(H2,24,25,26). The Balaban J connectivity index is 1.79. The van der Waals surface area contributed by atoms with E-state index in [0.717, 1.165) is 35.4 Å². The lowest BCUT2D eigenvalue weighted by molar-refractivity contribution is 0.252. The van der Waals surface area contributed by atoms with Crippen molar-refractivity contribution in [3.8, 4) is 11.8 Å². The summed E-state index contributed by atoms with van der Waals surface area (Å²) in [4.78, 5) is 11.9. The maximum atomic E-state index is 11.9. The van der Waals surface area contributed by atoms with Gasteiger partial charge in [-0.05, 0) is 41.8 Å². The summed E-state index contributed by atoms with van der Waals surface area (Å²) < 4.78 is 5.78. The lowest BCUT2D eigenvalue weighted by atomic mass is 10.1.